The summed E-state index contributed by atoms with van der Waals surface area (Å²) >= 11 is 1.35. The van der Waals surface area contributed by atoms with Crippen molar-refractivity contribution in [3.63, 3.8) is 0 Å². The van der Waals surface area contributed by atoms with Crippen molar-refractivity contribution in [3.8, 4) is 11.4 Å². The minimum atomic E-state index is -0.144. The third kappa shape index (κ3) is 4.88. The SMILES string of the molecule is CCn1c(SCC(=O)Nc2ccc(C(=O)N(C)C)cc2)nnc1-c1ccccc1C. The van der Waals surface area contributed by atoms with E-state index < -0.39 is 0 Å². The van der Waals surface area contributed by atoms with Crippen LogP contribution in [0.25, 0.3) is 11.4 Å². The zero-order valence-electron chi connectivity index (χ0n) is 17.5. The highest BCUT2D eigenvalue weighted by Crippen LogP contribution is 2.26. The third-order valence-corrected chi connectivity index (χ3v) is 5.54. The lowest BCUT2D eigenvalue weighted by molar-refractivity contribution is -0.113. The molecule has 1 aromatic heterocycles. The van der Waals surface area contributed by atoms with Crippen molar-refractivity contribution in [3.05, 3.63) is 59.7 Å². The molecular formula is C22H25N5O2S. The highest BCUT2D eigenvalue weighted by atomic mass is 32.2. The molecule has 3 rings (SSSR count). The van der Waals surface area contributed by atoms with Gasteiger partial charge in [-0.1, -0.05) is 36.0 Å². The maximum atomic E-state index is 12.4. The number of carbonyl (C=O) groups is 2. The summed E-state index contributed by atoms with van der Waals surface area (Å²) in [5.74, 6) is 0.797. The molecule has 3 aromatic rings. The molecule has 2 amide bonds. The standard InChI is InChI=1S/C22H25N5O2S/c1-5-27-20(18-9-7-6-8-15(18)2)24-25-22(27)30-14-19(28)23-17-12-10-16(11-13-17)21(29)26(3)4/h6-13H,5,14H2,1-4H3,(H,23,28). The maximum Gasteiger partial charge on any atom is 0.253 e. The first-order valence-electron chi connectivity index (χ1n) is 9.64. The van der Waals surface area contributed by atoms with Gasteiger partial charge in [0.25, 0.3) is 5.91 Å². The van der Waals surface area contributed by atoms with Gasteiger partial charge in [-0.2, -0.15) is 0 Å². The van der Waals surface area contributed by atoms with E-state index in [1.54, 1.807) is 38.4 Å². The molecule has 8 heteroatoms. The molecule has 0 fully saturated rings. The fourth-order valence-electron chi connectivity index (χ4n) is 2.99. The lowest BCUT2D eigenvalue weighted by atomic mass is 10.1. The van der Waals surface area contributed by atoms with Crippen LogP contribution in [0.15, 0.2) is 53.7 Å². The highest BCUT2D eigenvalue weighted by molar-refractivity contribution is 7.99. The van der Waals surface area contributed by atoms with Gasteiger partial charge in [0.2, 0.25) is 5.91 Å². The van der Waals surface area contributed by atoms with Crippen LogP contribution in [0.3, 0.4) is 0 Å². The first-order valence-corrected chi connectivity index (χ1v) is 10.6. The largest absolute Gasteiger partial charge is 0.345 e. The van der Waals surface area contributed by atoms with Crippen molar-refractivity contribution in [1.82, 2.24) is 19.7 Å². The number of benzene rings is 2. The number of aromatic nitrogens is 3. The second kappa shape index (κ2) is 9.58. The van der Waals surface area contributed by atoms with Crippen molar-refractivity contribution < 1.29 is 9.59 Å². The second-order valence-corrected chi connectivity index (χ2v) is 7.92. The fourth-order valence-corrected chi connectivity index (χ4v) is 3.79. The Hall–Kier alpha value is -3.13. The predicted octanol–water partition coefficient (Wildman–Crippen LogP) is 3.71. The minimum Gasteiger partial charge on any atom is -0.345 e. The van der Waals surface area contributed by atoms with Crippen LogP contribution in [-0.2, 0) is 11.3 Å². The number of amides is 2. The van der Waals surface area contributed by atoms with Gasteiger partial charge in [0, 0.05) is 37.5 Å². The summed E-state index contributed by atoms with van der Waals surface area (Å²) in [4.78, 5) is 25.8. The molecule has 0 bridgehead atoms. The van der Waals surface area contributed by atoms with Gasteiger partial charge in [-0.15, -0.1) is 10.2 Å². The Kier molecular flexibility index (Phi) is 6.89. The van der Waals surface area contributed by atoms with E-state index in [2.05, 4.69) is 15.5 Å². The van der Waals surface area contributed by atoms with Gasteiger partial charge in [0.05, 0.1) is 5.75 Å². The molecule has 0 saturated carbocycles. The average molecular weight is 424 g/mol. The molecule has 1 N–H and O–H groups in total. The first-order chi connectivity index (χ1) is 14.4. The van der Waals surface area contributed by atoms with E-state index in [9.17, 15) is 9.59 Å². The monoisotopic (exact) mass is 423 g/mol. The molecule has 0 radical (unpaired) electrons. The van der Waals surface area contributed by atoms with Gasteiger partial charge in [-0.25, -0.2) is 0 Å². The first kappa shape index (κ1) is 21.6. The number of thioether (sulfide) groups is 1. The molecule has 7 nitrogen and oxygen atoms in total. The molecule has 0 unspecified atom stereocenters. The van der Waals surface area contributed by atoms with Crippen LogP contribution >= 0.6 is 11.8 Å². The van der Waals surface area contributed by atoms with E-state index in [1.807, 2.05) is 42.7 Å². The van der Waals surface area contributed by atoms with Crippen LogP contribution in [0.1, 0.15) is 22.8 Å². The molecule has 0 spiro atoms. The Morgan fingerprint density at radius 2 is 1.77 bits per heavy atom. The van der Waals surface area contributed by atoms with E-state index >= 15 is 0 Å². The molecule has 156 valence electrons. The summed E-state index contributed by atoms with van der Waals surface area (Å²) in [7, 11) is 3.41. The molecule has 30 heavy (non-hydrogen) atoms. The Morgan fingerprint density at radius 3 is 2.40 bits per heavy atom. The average Bonchev–Trinajstić information content (AvgIpc) is 3.15. The van der Waals surface area contributed by atoms with Crippen LogP contribution in [0.4, 0.5) is 5.69 Å². The molecule has 0 aliphatic rings. The zero-order valence-corrected chi connectivity index (χ0v) is 18.4. The number of carbonyl (C=O) groups excluding carboxylic acids is 2. The number of nitrogens with zero attached hydrogens (tertiary/aromatic N) is 4. The number of hydrogen-bond donors (Lipinski definition) is 1. The van der Waals surface area contributed by atoms with E-state index in [0.29, 0.717) is 23.0 Å². The van der Waals surface area contributed by atoms with Crippen LogP contribution < -0.4 is 5.32 Å². The number of nitrogens with one attached hydrogen (secondary N) is 1. The van der Waals surface area contributed by atoms with E-state index in [0.717, 1.165) is 17.0 Å². The lowest BCUT2D eigenvalue weighted by Crippen LogP contribution is -2.21. The van der Waals surface area contributed by atoms with Gasteiger partial charge in [-0.3, -0.25) is 9.59 Å². The molecule has 0 saturated heterocycles. The zero-order chi connectivity index (χ0) is 21.7. The number of anilines is 1. The summed E-state index contributed by atoms with van der Waals surface area (Å²) in [5.41, 5.74) is 3.39. The lowest BCUT2D eigenvalue weighted by Gasteiger charge is -2.11. The van der Waals surface area contributed by atoms with Crippen molar-refractivity contribution in [2.75, 3.05) is 25.2 Å². The minimum absolute atomic E-state index is 0.0770. The summed E-state index contributed by atoms with van der Waals surface area (Å²) in [6, 6.07) is 14.9. The number of hydrogen-bond acceptors (Lipinski definition) is 5. The van der Waals surface area contributed by atoms with E-state index in [1.165, 1.54) is 16.7 Å². The summed E-state index contributed by atoms with van der Waals surface area (Å²) in [5, 5.41) is 12.2. The second-order valence-electron chi connectivity index (χ2n) is 6.98. The van der Waals surface area contributed by atoms with E-state index in [4.69, 9.17) is 0 Å². The molecule has 1 heterocycles. The highest BCUT2D eigenvalue weighted by Gasteiger charge is 2.16. The Balaban J connectivity index is 1.64. The fraction of sp³-hybridized carbons (Fsp3) is 0.273. The molecule has 0 atom stereocenters. The maximum absolute atomic E-state index is 12.4. The Morgan fingerprint density at radius 1 is 1.07 bits per heavy atom. The molecule has 0 aliphatic heterocycles. The predicted molar refractivity (Wildman–Crippen MR) is 120 cm³/mol. The Labute approximate surface area is 180 Å². The number of aryl methyl sites for hydroxylation is 1. The summed E-state index contributed by atoms with van der Waals surface area (Å²) in [6.07, 6.45) is 0. The smallest absolute Gasteiger partial charge is 0.253 e. The van der Waals surface area contributed by atoms with Crippen LogP contribution in [0.5, 0.6) is 0 Å². The van der Waals surface area contributed by atoms with Crippen molar-refractivity contribution in [2.45, 2.75) is 25.5 Å². The van der Waals surface area contributed by atoms with Crippen LogP contribution in [-0.4, -0.2) is 51.3 Å². The van der Waals surface area contributed by atoms with Gasteiger partial charge in [-0.05, 0) is 43.7 Å². The van der Waals surface area contributed by atoms with Crippen molar-refractivity contribution in [1.29, 1.82) is 0 Å². The van der Waals surface area contributed by atoms with Crippen molar-refractivity contribution in [2.24, 2.45) is 0 Å². The normalized spacial score (nSPS) is 10.7. The molecule has 2 aromatic carbocycles. The number of rotatable bonds is 7. The quantitative estimate of drug-likeness (QED) is 0.586. The van der Waals surface area contributed by atoms with Gasteiger partial charge < -0.3 is 14.8 Å². The van der Waals surface area contributed by atoms with Crippen molar-refractivity contribution >= 4 is 29.3 Å². The molecule has 0 aliphatic carbocycles. The summed E-state index contributed by atoms with van der Waals surface area (Å²) < 4.78 is 2.02. The summed E-state index contributed by atoms with van der Waals surface area (Å²) in [6.45, 7) is 4.79. The Bertz CT molecular complexity index is 1040. The van der Waals surface area contributed by atoms with Gasteiger partial charge in [0.15, 0.2) is 11.0 Å². The van der Waals surface area contributed by atoms with Crippen LogP contribution in [0.2, 0.25) is 0 Å². The van der Waals surface area contributed by atoms with E-state index in [-0.39, 0.29) is 17.6 Å². The molecular weight excluding hydrogens is 398 g/mol. The topological polar surface area (TPSA) is 80.1 Å². The third-order valence-electron chi connectivity index (χ3n) is 4.57. The van der Waals surface area contributed by atoms with Gasteiger partial charge >= 0.3 is 0 Å². The van der Waals surface area contributed by atoms with Crippen LogP contribution in [0, 0.1) is 6.92 Å². The van der Waals surface area contributed by atoms with Gasteiger partial charge in [0.1, 0.15) is 0 Å².